The number of halogens is 1. The van der Waals surface area contributed by atoms with E-state index in [0.29, 0.717) is 12.6 Å². The molecule has 2 nitrogen and oxygen atoms in total. The number of aryl methyl sites for hydroxylation is 1. The zero-order valence-corrected chi connectivity index (χ0v) is 12.8. The number of hydrogen-bond donors (Lipinski definition) is 2. The van der Waals surface area contributed by atoms with E-state index in [1.54, 1.807) is 0 Å². The summed E-state index contributed by atoms with van der Waals surface area (Å²) in [4.78, 5) is 0. The normalized spacial score (nSPS) is 22.3. The highest BCUT2D eigenvalue weighted by molar-refractivity contribution is 9.10. The Labute approximate surface area is 118 Å². The fourth-order valence-electron chi connectivity index (χ4n) is 2.39. The Bertz CT molecular complexity index is 417. The van der Waals surface area contributed by atoms with Gasteiger partial charge < -0.3 is 10.4 Å². The molecule has 0 saturated heterocycles. The van der Waals surface area contributed by atoms with Gasteiger partial charge in [-0.05, 0) is 55.9 Å². The molecule has 0 saturated carbocycles. The first kappa shape index (κ1) is 14.0. The Morgan fingerprint density at radius 1 is 1.44 bits per heavy atom. The molecule has 18 heavy (non-hydrogen) atoms. The Kier molecular flexibility index (Phi) is 4.46. The highest BCUT2D eigenvalue weighted by Gasteiger charge is 2.22. The highest BCUT2D eigenvalue weighted by Crippen LogP contribution is 2.25. The van der Waals surface area contributed by atoms with E-state index in [0.717, 1.165) is 25.7 Å². The molecule has 2 unspecified atom stereocenters. The number of benzene rings is 1. The summed E-state index contributed by atoms with van der Waals surface area (Å²) >= 11 is 3.52. The maximum absolute atomic E-state index is 10.0. The smallest absolute Gasteiger partial charge is 0.0741 e. The largest absolute Gasteiger partial charge is 0.389 e. The molecule has 1 aromatic rings. The van der Waals surface area contributed by atoms with Crippen LogP contribution in [0.1, 0.15) is 37.8 Å². The second kappa shape index (κ2) is 5.72. The third-order valence-corrected chi connectivity index (χ3v) is 4.42. The average molecular weight is 312 g/mol. The Balaban J connectivity index is 1.94. The van der Waals surface area contributed by atoms with Crippen molar-refractivity contribution < 1.29 is 5.11 Å². The van der Waals surface area contributed by atoms with Crippen LogP contribution in [0, 0.1) is 0 Å². The number of fused-ring (bicyclic) bond motifs is 1. The first-order valence-electron chi connectivity index (χ1n) is 6.73. The van der Waals surface area contributed by atoms with E-state index < -0.39 is 5.60 Å². The van der Waals surface area contributed by atoms with E-state index >= 15 is 0 Å². The van der Waals surface area contributed by atoms with Crippen LogP contribution >= 0.6 is 15.9 Å². The van der Waals surface area contributed by atoms with Gasteiger partial charge in [0.25, 0.3) is 0 Å². The van der Waals surface area contributed by atoms with Crippen LogP contribution < -0.4 is 5.32 Å². The monoisotopic (exact) mass is 311 g/mol. The lowest BCUT2D eigenvalue weighted by atomic mass is 9.88. The molecular weight excluding hydrogens is 290 g/mol. The van der Waals surface area contributed by atoms with Gasteiger partial charge in [-0.3, -0.25) is 0 Å². The van der Waals surface area contributed by atoms with E-state index in [1.807, 2.05) is 13.8 Å². The molecule has 0 aromatic heterocycles. The van der Waals surface area contributed by atoms with Gasteiger partial charge >= 0.3 is 0 Å². The third kappa shape index (κ3) is 3.56. The first-order chi connectivity index (χ1) is 8.50. The van der Waals surface area contributed by atoms with Crippen molar-refractivity contribution in [3.63, 3.8) is 0 Å². The molecule has 0 amide bonds. The third-order valence-electron chi connectivity index (χ3n) is 3.93. The zero-order chi connectivity index (χ0) is 13.2. The quantitative estimate of drug-likeness (QED) is 0.895. The molecule has 1 aliphatic rings. The summed E-state index contributed by atoms with van der Waals surface area (Å²) in [6.07, 6.45) is 4.14. The predicted molar refractivity (Wildman–Crippen MR) is 78.9 cm³/mol. The fourth-order valence-corrected chi connectivity index (χ4v) is 2.80. The Morgan fingerprint density at radius 3 is 2.94 bits per heavy atom. The van der Waals surface area contributed by atoms with Crippen molar-refractivity contribution in [2.45, 2.75) is 51.2 Å². The molecule has 0 bridgehead atoms. The minimum absolute atomic E-state index is 0.497. The summed E-state index contributed by atoms with van der Waals surface area (Å²) in [6, 6.07) is 7.05. The molecule has 0 spiro atoms. The van der Waals surface area contributed by atoms with Crippen molar-refractivity contribution >= 4 is 15.9 Å². The predicted octanol–water partition coefficient (Wildman–Crippen LogP) is 3.06. The van der Waals surface area contributed by atoms with Crippen LogP contribution in [0.25, 0.3) is 0 Å². The number of rotatable bonds is 4. The van der Waals surface area contributed by atoms with E-state index in [-0.39, 0.29) is 0 Å². The van der Waals surface area contributed by atoms with Crippen molar-refractivity contribution in [2.24, 2.45) is 0 Å². The molecule has 3 heteroatoms. The van der Waals surface area contributed by atoms with Crippen molar-refractivity contribution in [1.82, 2.24) is 5.32 Å². The maximum Gasteiger partial charge on any atom is 0.0741 e. The summed E-state index contributed by atoms with van der Waals surface area (Å²) in [7, 11) is 0. The van der Waals surface area contributed by atoms with Gasteiger partial charge in [0, 0.05) is 17.1 Å². The molecule has 0 heterocycles. The van der Waals surface area contributed by atoms with Crippen molar-refractivity contribution in [3.8, 4) is 0 Å². The van der Waals surface area contributed by atoms with Gasteiger partial charge in [0.15, 0.2) is 0 Å². The molecule has 100 valence electrons. The van der Waals surface area contributed by atoms with E-state index in [4.69, 9.17) is 0 Å². The average Bonchev–Trinajstić information content (AvgIpc) is 2.36. The van der Waals surface area contributed by atoms with Crippen molar-refractivity contribution in [1.29, 1.82) is 0 Å². The van der Waals surface area contributed by atoms with Crippen LogP contribution in [0.2, 0.25) is 0 Å². The lowest BCUT2D eigenvalue weighted by Crippen LogP contribution is -2.44. The molecule has 1 aromatic carbocycles. The summed E-state index contributed by atoms with van der Waals surface area (Å²) in [5.41, 5.74) is 2.32. The second-order valence-electron chi connectivity index (χ2n) is 5.58. The van der Waals surface area contributed by atoms with Crippen LogP contribution in [-0.4, -0.2) is 23.3 Å². The lowest BCUT2D eigenvalue weighted by Gasteiger charge is -2.29. The zero-order valence-electron chi connectivity index (χ0n) is 11.2. The standard InChI is InChI=1S/C15H22BrNO/c1-3-15(2,18)10-17-14-7-5-11-8-13(16)6-4-12(11)9-14/h4,6,8,14,17-18H,3,5,7,9-10H2,1-2H3. The van der Waals surface area contributed by atoms with Gasteiger partial charge in [-0.15, -0.1) is 0 Å². The van der Waals surface area contributed by atoms with Crippen LogP contribution in [-0.2, 0) is 12.8 Å². The summed E-state index contributed by atoms with van der Waals surface area (Å²) < 4.78 is 1.17. The number of nitrogens with one attached hydrogen (secondary N) is 1. The molecule has 2 N–H and O–H groups in total. The van der Waals surface area contributed by atoms with Crippen LogP contribution in [0.4, 0.5) is 0 Å². The molecular formula is C15H22BrNO. The summed E-state index contributed by atoms with van der Waals surface area (Å²) in [6.45, 7) is 4.60. The molecule has 1 aliphatic carbocycles. The van der Waals surface area contributed by atoms with Gasteiger partial charge in [0.2, 0.25) is 0 Å². The van der Waals surface area contributed by atoms with Gasteiger partial charge in [-0.2, -0.15) is 0 Å². The van der Waals surface area contributed by atoms with E-state index in [9.17, 15) is 5.11 Å². The first-order valence-corrected chi connectivity index (χ1v) is 7.52. The second-order valence-corrected chi connectivity index (χ2v) is 6.50. The Hall–Kier alpha value is -0.380. The SMILES string of the molecule is CCC(C)(O)CNC1CCc2cc(Br)ccc2C1. The maximum atomic E-state index is 10.0. The van der Waals surface area contributed by atoms with Gasteiger partial charge in [0.1, 0.15) is 0 Å². The van der Waals surface area contributed by atoms with Gasteiger partial charge in [0.05, 0.1) is 5.60 Å². The van der Waals surface area contributed by atoms with Crippen LogP contribution in [0.15, 0.2) is 22.7 Å². The van der Waals surface area contributed by atoms with Crippen molar-refractivity contribution in [3.05, 3.63) is 33.8 Å². The number of hydrogen-bond acceptors (Lipinski definition) is 2. The molecule has 0 fully saturated rings. The minimum atomic E-state index is -0.583. The summed E-state index contributed by atoms with van der Waals surface area (Å²) in [5, 5.41) is 13.5. The topological polar surface area (TPSA) is 32.3 Å². The van der Waals surface area contributed by atoms with Gasteiger partial charge in [-0.1, -0.05) is 28.9 Å². The fraction of sp³-hybridized carbons (Fsp3) is 0.600. The summed E-state index contributed by atoms with van der Waals surface area (Å²) in [5.74, 6) is 0. The Morgan fingerprint density at radius 2 is 2.22 bits per heavy atom. The van der Waals surface area contributed by atoms with E-state index in [1.165, 1.54) is 15.6 Å². The number of aliphatic hydroxyl groups is 1. The molecule has 2 atom stereocenters. The van der Waals surface area contributed by atoms with Crippen molar-refractivity contribution in [2.75, 3.05) is 6.54 Å². The molecule has 0 aliphatic heterocycles. The molecule has 2 rings (SSSR count). The highest BCUT2D eigenvalue weighted by atomic mass is 79.9. The van der Waals surface area contributed by atoms with Crippen LogP contribution in [0.5, 0.6) is 0 Å². The minimum Gasteiger partial charge on any atom is -0.389 e. The van der Waals surface area contributed by atoms with Gasteiger partial charge in [-0.25, -0.2) is 0 Å². The van der Waals surface area contributed by atoms with E-state index in [2.05, 4.69) is 39.4 Å². The lowest BCUT2D eigenvalue weighted by molar-refractivity contribution is 0.0523. The van der Waals surface area contributed by atoms with Crippen LogP contribution in [0.3, 0.4) is 0 Å². The molecule has 0 radical (unpaired) electrons.